The number of fused-ring (bicyclic) bond motifs is 1. The van der Waals surface area contributed by atoms with Crippen molar-refractivity contribution < 1.29 is 9.21 Å². The monoisotopic (exact) mass is 336 g/mol. The summed E-state index contributed by atoms with van der Waals surface area (Å²) < 4.78 is 5.17. The fourth-order valence-electron chi connectivity index (χ4n) is 2.25. The first kappa shape index (κ1) is 16.0. The lowest BCUT2D eigenvalue weighted by Crippen LogP contribution is -2.10. The van der Waals surface area contributed by atoms with Gasteiger partial charge in [0.1, 0.15) is 22.2 Å². The molecule has 0 amide bonds. The predicted octanol–water partition coefficient (Wildman–Crippen LogP) is 3.55. The lowest BCUT2D eigenvalue weighted by Gasteiger charge is -2.05. The number of aromatic nitrogens is 1. The summed E-state index contributed by atoms with van der Waals surface area (Å²) in [7, 11) is 0. The van der Waals surface area contributed by atoms with E-state index < -0.39 is 5.63 Å². The molecule has 0 aliphatic rings. The van der Waals surface area contributed by atoms with E-state index in [-0.39, 0.29) is 11.3 Å². The zero-order valence-electron chi connectivity index (χ0n) is 12.8. The minimum Gasteiger partial charge on any atom is -0.422 e. The second-order valence-corrected chi connectivity index (χ2v) is 6.10. The Morgan fingerprint density at radius 3 is 2.92 bits per heavy atom. The number of benzene rings is 1. The number of carbonyl (C=O) groups excluding carboxylic acids is 1. The van der Waals surface area contributed by atoms with Crippen LogP contribution in [0.5, 0.6) is 0 Å². The van der Waals surface area contributed by atoms with Gasteiger partial charge in [-0.25, -0.2) is 9.78 Å². The first-order valence-electron chi connectivity index (χ1n) is 7.14. The lowest BCUT2D eigenvalue weighted by atomic mass is 10.1. The second-order valence-electron chi connectivity index (χ2n) is 5.13. The number of rotatable bonds is 4. The fraction of sp³-hybridized carbons (Fsp3) is 0.111. The minimum atomic E-state index is -0.621. The molecule has 0 radical (unpaired) electrons. The largest absolute Gasteiger partial charge is 0.422 e. The highest BCUT2D eigenvalue weighted by Crippen LogP contribution is 2.25. The molecule has 0 saturated carbocycles. The summed E-state index contributed by atoms with van der Waals surface area (Å²) in [6, 6.07) is 12.5. The molecule has 2 heterocycles. The number of pyridine rings is 1. The van der Waals surface area contributed by atoms with E-state index in [9.17, 15) is 9.59 Å². The maximum absolute atomic E-state index is 11.7. The fourth-order valence-corrected chi connectivity index (χ4v) is 3.14. The number of ketones is 1. The van der Waals surface area contributed by atoms with Crippen LogP contribution < -0.4 is 5.63 Å². The van der Waals surface area contributed by atoms with Crippen LogP contribution in [0.25, 0.3) is 11.0 Å². The molecule has 0 atom stereocenters. The SMILES string of the molecule is CC(=O)c1cc2cc(CSc3ncccc3C#N)ccc2oc1=O. The van der Waals surface area contributed by atoms with E-state index in [0.717, 1.165) is 5.56 Å². The van der Waals surface area contributed by atoms with Gasteiger partial charge in [0, 0.05) is 17.3 Å². The molecule has 0 saturated heterocycles. The highest BCUT2D eigenvalue weighted by Gasteiger charge is 2.10. The molecule has 2 aromatic heterocycles. The van der Waals surface area contributed by atoms with Gasteiger partial charge in [-0.15, -0.1) is 11.8 Å². The van der Waals surface area contributed by atoms with Gasteiger partial charge in [-0.05, 0) is 42.8 Å². The third-order valence-corrected chi connectivity index (χ3v) is 4.52. The van der Waals surface area contributed by atoms with Crippen molar-refractivity contribution in [2.45, 2.75) is 17.7 Å². The van der Waals surface area contributed by atoms with Crippen LogP contribution in [0.2, 0.25) is 0 Å². The lowest BCUT2D eigenvalue weighted by molar-refractivity contribution is 0.101. The van der Waals surface area contributed by atoms with Crippen LogP contribution in [0.1, 0.15) is 28.4 Å². The molecule has 0 aliphatic carbocycles. The third kappa shape index (κ3) is 3.21. The molecule has 6 heteroatoms. The number of hydrogen-bond donors (Lipinski definition) is 0. The third-order valence-electron chi connectivity index (χ3n) is 3.44. The number of carbonyl (C=O) groups is 1. The van der Waals surface area contributed by atoms with Crippen molar-refractivity contribution in [2.75, 3.05) is 0 Å². The molecular weight excluding hydrogens is 324 g/mol. The zero-order valence-corrected chi connectivity index (χ0v) is 13.6. The smallest absolute Gasteiger partial charge is 0.347 e. The Labute approximate surface area is 141 Å². The number of thioether (sulfide) groups is 1. The van der Waals surface area contributed by atoms with Crippen molar-refractivity contribution in [3.05, 3.63) is 69.7 Å². The average molecular weight is 336 g/mol. The molecule has 5 nitrogen and oxygen atoms in total. The van der Waals surface area contributed by atoms with Crippen LogP contribution in [-0.4, -0.2) is 10.8 Å². The van der Waals surface area contributed by atoms with E-state index in [0.29, 0.717) is 27.3 Å². The molecule has 24 heavy (non-hydrogen) atoms. The zero-order chi connectivity index (χ0) is 17.1. The van der Waals surface area contributed by atoms with Crippen molar-refractivity contribution in [1.82, 2.24) is 4.98 Å². The van der Waals surface area contributed by atoms with Crippen LogP contribution in [0.4, 0.5) is 0 Å². The molecule has 0 N–H and O–H groups in total. The van der Waals surface area contributed by atoms with Crippen LogP contribution >= 0.6 is 11.8 Å². The van der Waals surface area contributed by atoms with Crippen molar-refractivity contribution in [3.8, 4) is 6.07 Å². The minimum absolute atomic E-state index is 0.0452. The van der Waals surface area contributed by atoms with Gasteiger partial charge < -0.3 is 4.42 Å². The van der Waals surface area contributed by atoms with E-state index in [1.165, 1.54) is 18.7 Å². The first-order valence-corrected chi connectivity index (χ1v) is 8.12. The van der Waals surface area contributed by atoms with Gasteiger partial charge in [0.05, 0.1) is 5.56 Å². The van der Waals surface area contributed by atoms with Gasteiger partial charge in [0.2, 0.25) is 0 Å². The van der Waals surface area contributed by atoms with Crippen LogP contribution in [0.15, 0.2) is 56.8 Å². The Kier molecular flexibility index (Phi) is 4.45. The summed E-state index contributed by atoms with van der Waals surface area (Å²) in [6.45, 7) is 1.34. The maximum Gasteiger partial charge on any atom is 0.347 e. The molecule has 0 spiro atoms. The van der Waals surface area contributed by atoms with Gasteiger partial charge in [-0.1, -0.05) is 6.07 Å². The molecule has 3 aromatic rings. The van der Waals surface area contributed by atoms with E-state index in [2.05, 4.69) is 11.1 Å². The Balaban J connectivity index is 1.91. The second kappa shape index (κ2) is 6.69. The number of hydrogen-bond acceptors (Lipinski definition) is 6. The quantitative estimate of drug-likeness (QED) is 0.411. The summed E-state index contributed by atoms with van der Waals surface area (Å²) in [6.07, 6.45) is 1.65. The van der Waals surface area contributed by atoms with Crippen LogP contribution in [-0.2, 0) is 5.75 Å². The van der Waals surface area contributed by atoms with Gasteiger partial charge in [-0.2, -0.15) is 5.26 Å². The standard InChI is InChI=1S/C18H12N2O3S/c1-11(21)15-8-14-7-12(4-5-16(14)23-18(15)22)10-24-17-13(9-19)3-2-6-20-17/h2-8H,10H2,1H3. The summed E-state index contributed by atoms with van der Waals surface area (Å²) in [5.41, 5.74) is 1.38. The number of Topliss-reactive ketones (excluding diaryl/α,β-unsaturated/α-hetero) is 1. The first-order chi connectivity index (χ1) is 11.6. The molecule has 0 aliphatic heterocycles. The number of nitrogens with zero attached hydrogens (tertiary/aromatic N) is 2. The van der Waals surface area contributed by atoms with E-state index in [1.807, 2.05) is 12.1 Å². The van der Waals surface area contributed by atoms with Crippen LogP contribution in [0.3, 0.4) is 0 Å². The molecule has 0 fully saturated rings. The Morgan fingerprint density at radius 2 is 2.17 bits per heavy atom. The van der Waals surface area contributed by atoms with E-state index >= 15 is 0 Å². The van der Waals surface area contributed by atoms with Crippen LogP contribution in [0, 0.1) is 11.3 Å². The van der Waals surface area contributed by atoms with Crippen molar-refractivity contribution >= 4 is 28.5 Å². The molecule has 118 valence electrons. The van der Waals surface area contributed by atoms with Crippen molar-refractivity contribution in [2.24, 2.45) is 0 Å². The summed E-state index contributed by atoms with van der Waals surface area (Å²) >= 11 is 1.45. The van der Waals surface area contributed by atoms with Crippen molar-refractivity contribution in [1.29, 1.82) is 5.26 Å². The molecule has 0 unspecified atom stereocenters. The Hall–Kier alpha value is -2.91. The van der Waals surface area contributed by atoms with Crippen molar-refractivity contribution in [3.63, 3.8) is 0 Å². The topological polar surface area (TPSA) is 84.0 Å². The summed E-state index contributed by atoms with van der Waals surface area (Å²) in [5.74, 6) is 0.286. The molecule has 0 bridgehead atoms. The summed E-state index contributed by atoms with van der Waals surface area (Å²) in [5, 5.41) is 10.5. The molecular formula is C18H12N2O3S. The maximum atomic E-state index is 11.7. The predicted molar refractivity (Wildman–Crippen MR) is 91.0 cm³/mol. The van der Waals surface area contributed by atoms with Gasteiger partial charge in [-0.3, -0.25) is 4.79 Å². The Bertz CT molecular complexity index is 1030. The highest BCUT2D eigenvalue weighted by atomic mass is 32.2. The van der Waals surface area contributed by atoms with E-state index in [4.69, 9.17) is 9.68 Å². The molecule has 3 rings (SSSR count). The molecule has 1 aromatic carbocycles. The van der Waals surface area contributed by atoms with E-state index in [1.54, 1.807) is 30.5 Å². The van der Waals surface area contributed by atoms with Gasteiger partial charge in [0.25, 0.3) is 0 Å². The normalized spacial score (nSPS) is 10.5. The summed E-state index contributed by atoms with van der Waals surface area (Å²) in [4.78, 5) is 27.4. The van der Waals surface area contributed by atoms with Gasteiger partial charge in [0.15, 0.2) is 5.78 Å². The number of nitriles is 1. The highest BCUT2D eigenvalue weighted by molar-refractivity contribution is 7.98. The Morgan fingerprint density at radius 1 is 1.33 bits per heavy atom. The van der Waals surface area contributed by atoms with Gasteiger partial charge >= 0.3 is 5.63 Å². The average Bonchev–Trinajstić information content (AvgIpc) is 2.59.